The Balaban J connectivity index is 2.69. The maximum atomic E-state index is 12.3. The van der Waals surface area contributed by atoms with Crippen LogP contribution in [0.4, 0.5) is 8.78 Å². The van der Waals surface area contributed by atoms with Gasteiger partial charge in [0.15, 0.2) is 0 Å². The zero-order valence-corrected chi connectivity index (χ0v) is 7.24. The quantitative estimate of drug-likeness (QED) is 0.768. The molecule has 1 aromatic rings. The van der Waals surface area contributed by atoms with Gasteiger partial charge in [-0.25, -0.2) is 18.7 Å². The molecule has 0 saturated carbocycles. The Morgan fingerprint density at radius 1 is 1.46 bits per heavy atom. The Labute approximate surface area is 75.0 Å². The molecule has 0 fully saturated rings. The van der Waals surface area contributed by atoms with Gasteiger partial charge in [0.1, 0.15) is 6.33 Å². The van der Waals surface area contributed by atoms with Crippen molar-refractivity contribution >= 4 is 0 Å². The predicted molar refractivity (Wildman–Crippen MR) is 44.3 cm³/mol. The number of rotatable bonds is 3. The van der Waals surface area contributed by atoms with E-state index in [2.05, 4.69) is 9.97 Å². The maximum Gasteiger partial charge on any atom is 0.256 e. The molecule has 1 rings (SSSR count). The second-order valence-corrected chi connectivity index (χ2v) is 3.23. The van der Waals surface area contributed by atoms with Crippen molar-refractivity contribution in [3.05, 3.63) is 24.3 Å². The predicted octanol–water partition coefficient (Wildman–Crippen LogP) is 1.00. The average molecular weight is 187 g/mol. The van der Waals surface area contributed by atoms with Crippen molar-refractivity contribution in [1.29, 1.82) is 0 Å². The lowest BCUT2D eigenvalue weighted by atomic mass is 9.96. The fourth-order valence-electron chi connectivity index (χ4n) is 0.938. The normalized spacial score (nSPS) is 15.8. The third kappa shape index (κ3) is 2.69. The van der Waals surface area contributed by atoms with Gasteiger partial charge in [0.2, 0.25) is 0 Å². The summed E-state index contributed by atoms with van der Waals surface area (Å²) in [7, 11) is 0. The molecule has 0 aliphatic carbocycles. The van der Waals surface area contributed by atoms with Crippen molar-refractivity contribution in [3.8, 4) is 0 Å². The van der Waals surface area contributed by atoms with Crippen LogP contribution in [-0.2, 0) is 6.42 Å². The summed E-state index contributed by atoms with van der Waals surface area (Å²) in [6.07, 6.45) is 1.85. The second-order valence-electron chi connectivity index (χ2n) is 3.23. The molecule has 72 valence electrons. The zero-order chi connectivity index (χ0) is 9.90. The van der Waals surface area contributed by atoms with Gasteiger partial charge >= 0.3 is 0 Å². The van der Waals surface area contributed by atoms with Gasteiger partial charge in [0, 0.05) is 12.4 Å². The van der Waals surface area contributed by atoms with Crippen LogP contribution in [0.5, 0.6) is 0 Å². The number of hydrogen-bond donors (Lipinski definition) is 1. The van der Waals surface area contributed by atoms with Crippen molar-refractivity contribution < 1.29 is 8.78 Å². The molecule has 1 aromatic heterocycles. The number of hydrogen-bond acceptors (Lipinski definition) is 3. The van der Waals surface area contributed by atoms with E-state index in [4.69, 9.17) is 5.73 Å². The first-order valence-electron chi connectivity index (χ1n) is 3.83. The minimum absolute atomic E-state index is 0.0749. The van der Waals surface area contributed by atoms with E-state index in [-0.39, 0.29) is 6.42 Å². The highest BCUT2D eigenvalue weighted by Gasteiger charge is 2.30. The van der Waals surface area contributed by atoms with E-state index in [0.717, 1.165) is 0 Å². The minimum Gasteiger partial charge on any atom is -0.320 e. The van der Waals surface area contributed by atoms with Crippen LogP contribution in [0, 0.1) is 0 Å². The van der Waals surface area contributed by atoms with E-state index >= 15 is 0 Å². The van der Waals surface area contributed by atoms with Crippen LogP contribution in [0.2, 0.25) is 0 Å². The van der Waals surface area contributed by atoms with Gasteiger partial charge in [0.25, 0.3) is 6.43 Å². The molecule has 2 N–H and O–H groups in total. The third-order valence-electron chi connectivity index (χ3n) is 1.70. The molecule has 0 saturated heterocycles. The fourth-order valence-corrected chi connectivity index (χ4v) is 0.938. The topological polar surface area (TPSA) is 51.8 Å². The highest BCUT2D eigenvalue weighted by atomic mass is 19.3. The van der Waals surface area contributed by atoms with E-state index in [9.17, 15) is 8.78 Å². The van der Waals surface area contributed by atoms with E-state index in [1.165, 1.54) is 25.6 Å². The Morgan fingerprint density at radius 3 is 2.46 bits per heavy atom. The van der Waals surface area contributed by atoms with Crippen molar-refractivity contribution in [1.82, 2.24) is 9.97 Å². The van der Waals surface area contributed by atoms with Crippen LogP contribution in [0.3, 0.4) is 0 Å². The molecule has 0 amide bonds. The van der Waals surface area contributed by atoms with Crippen LogP contribution in [0.15, 0.2) is 18.7 Å². The molecule has 5 heteroatoms. The lowest BCUT2D eigenvalue weighted by Crippen LogP contribution is -2.45. The van der Waals surface area contributed by atoms with Gasteiger partial charge in [0.05, 0.1) is 5.54 Å². The smallest absolute Gasteiger partial charge is 0.256 e. The van der Waals surface area contributed by atoms with Gasteiger partial charge in [-0.05, 0) is 18.9 Å². The standard InChI is InChI=1S/C8H11F2N3/c1-8(11,7(9)10)2-6-3-12-5-13-4-6/h3-5,7H,2,11H2,1H3. The number of aromatic nitrogens is 2. The molecule has 0 spiro atoms. The molecule has 0 radical (unpaired) electrons. The molecular weight excluding hydrogens is 176 g/mol. The molecule has 0 bridgehead atoms. The fraction of sp³-hybridized carbons (Fsp3) is 0.500. The highest BCUT2D eigenvalue weighted by Crippen LogP contribution is 2.16. The van der Waals surface area contributed by atoms with Gasteiger partial charge < -0.3 is 5.73 Å². The molecule has 13 heavy (non-hydrogen) atoms. The summed E-state index contributed by atoms with van der Waals surface area (Å²) in [5.41, 5.74) is 4.50. The Hall–Kier alpha value is -1.10. The van der Waals surface area contributed by atoms with Crippen LogP contribution in [0.1, 0.15) is 12.5 Å². The lowest BCUT2D eigenvalue weighted by Gasteiger charge is -2.22. The lowest BCUT2D eigenvalue weighted by molar-refractivity contribution is 0.0638. The summed E-state index contributed by atoms with van der Waals surface area (Å²) in [5, 5.41) is 0. The molecule has 3 nitrogen and oxygen atoms in total. The first-order valence-corrected chi connectivity index (χ1v) is 3.83. The number of halogens is 2. The van der Waals surface area contributed by atoms with Gasteiger partial charge in [-0.1, -0.05) is 0 Å². The molecule has 0 aliphatic heterocycles. The number of alkyl halides is 2. The first kappa shape index (κ1) is 9.98. The van der Waals surface area contributed by atoms with E-state index in [1.54, 1.807) is 0 Å². The van der Waals surface area contributed by atoms with Crippen LogP contribution in [-0.4, -0.2) is 21.9 Å². The third-order valence-corrected chi connectivity index (χ3v) is 1.70. The largest absolute Gasteiger partial charge is 0.320 e. The van der Waals surface area contributed by atoms with Crippen molar-refractivity contribution in [2.24, 2.45) is 5.73 Å². The van der Waals surface area contributed by atoms with Crippen LogP contribution >= 0.6 is 0 Å². The Bertz CT molecular complexity index is 261. The first-order chi connectivity index (χ1) is 6.02. The van der Waals surface area contributed by atoms with Crippen molar-refractivity contribution in [2.45, 2.75) is 25.3 Å². The summed E-state index contributed by atoms with van der Waals surface area (Å²) in [6, 6.07) is 0. The Morgan fingerprint density at radius 2 is 2.00 bits per heavy atom. The highest BCUT2D eigenvalue weighted by molar-refractivity contribution is 5.08. The molecule has 0 aromatic carbocycles. The van der Waals surface area contributed by atoms with Gasteiger partial charge in [-0.2, -0.15) is 0 Å². The van der Waals surface area contributed by atoms with Crippen LogP contribution in [0.25, 0.3) is 0 Å². The molecule has 0 aliphatic rings. The number of nitrogens with zero attached hydrogens (tertiary/aromatic N) is 2. The van der Waals surface area contributed by atoms with E-state index in [0.29, 0.717) is 5.56 Å². The summed E-state index contributed by atoms with van der Waals surface area (Å²) in [4.78, 5) is 7.43. The second kappa shape index (κ2) is 3.74. The molecule has 1 atom stereocenters. The summed E-state index contributed by atoms with van der Waals surface area (Å²) >= 11 is 0. The molecule has 1 heterocycles. The van der Waals surface area contributed by atoms with E-state index < -0.39 is 12.0 Å². The van der Waals surface area contributed by atoms with Gasteiger partial charge in [-0.15, -0.1) is 0 Å². The molecule has 1 unspecified atom stereocenters. The minimum atomic E-state index is -2.55. The van der Waals surface area contributed by atoms with E-state index in [1.807, 2.05) is 0 Å². The van der Waals surface area contributed by atoms with Crippen molar-refractivity contribution in [3.63, 3.8) is 0 Å². The monoisotopic (exact) mass is 187 g/mol. The number of nitrogens with two attached hydrogens (primary N) is 1. The Kier molecular flexibility index (Phi) is 2.87. The zero-order valence-electron chi connectivity index (χ0n) is 7.24. The average Bonchev–Trinajstić information content (AvgIpc) is 2.05. The summed E-state index contributed by atoms with van der Waals surface area (Å²) in [6.45, 7) is 1.31. The van der Waals surface area contributed by atoms with Gasteiger partial charge in [-0.3, -0.25) is 0 Å². The van der Waals surface area contributed by atoms with Crippen molar-refractivity contribution in [2.75, 3.05) is 0 Å². The molecular formula is C8H11F2N3. The summed E-state index contributed by atoms with van der Waals surface area (Å²) in [5.74, 6) is 0. The summed E-state index contributed by atoms with van der Waals surface area (Å²) < 4.78 is 24.7. The SMILES string of the molecule is CC(N)(Cc1cncnc1)C(F)F. The maximum absolute atomic E-state index is 12.3. The van der Waals surface area contributed by atoms with Crippen LogP contribution < -0.4 is 5.73 Å².